The maximum atomic E-state index is 6.40. The molecule has 0 atom stereocenters. The second kappa shape index (κ2) is 6.10. The molecule has 1 aliphatic carbocycles. The third-order valence-electron chi connectivity index (χ3n) is 5.98. The van der Waals surface area contributed by atoms with Crippen molar-refractivity contribution in [2.75, 3.05) is 5.73 Å². The molecular weight excluding hydrogens is 338 g/mol. The van der Waals surface area contributed by atoms with Gasteiger partial charge >= 0.3 is 0 Å². The first-order valence-corrected chi connectivity index (χ1v) is 9.76. The Morgan fingerprint density at radius 3 is 1.82 bits per heavy atom. The summed E-state index contributed by atoms with van der Waals surface area (Å²) in [6, 6.07) is 32.2. The monoisotopic (exact) mass is 361 g/mol. The molecule has 4 aromatic rings. The number of nitrogens with two attached hydrogens (primary N) is 1. The molecule has 0 unspecified atom stereocenters. The Hall–Kier alpha value is -3.32. The van der Waals surface area contributed by atoms with Gasteiger partial charge < -0.3 is 5.73 Å². The van der Waals surface area contributed by atoms with E-state index in [0.29, 0.717) is 0 Å². The Morgan fingerprint density at radius 1 is 0.571 bits per heavy atom. The van der Waals surface area contributed by atoms with Crippen LogP contribution in [-0.2, 0) is 5.41 Å². The SMILES string of the molecule is CC1(C)c2ccccc2-c2cc(N)cc(-c3ccccc3-c3ccccc3)c21. The van der Waals surface area contributed by atoms with Crippen molar-refractivity contribution in [3.63, 3.8) is 0 Å². The first kappa shape index (κ1) is 16.8. The maximum absolute atomic E-state index is 6.40. The normalized spacial score (nSPS) is 13.8. The van der Waals surface area contributed by atoms with Gasteiger partial charge in [0.1, 0.15) is 0 Å². The second-order valence-corrected chi connectivity index (χ2v) is 8.07. The Morgan fingerprint density at radius 2 is 1.11 bits per heavy atom. The summed E-state index contributed by atoms with van der Waals surface area (Å²) >= 11 is 0. The predicted octanol–water partition coefficient (Wildman–Crippen LogP) is 6.91. The van der Waals surface area contributed by atoms with Crippen LogP contribution in [0.15, 0.2) is 91.0 Å². The van der Waals surface area contributed by atoms with Crippen LogP contribution in [0.3, 0.4) is 0 Å². The molecule has 28 heavy (non-hydrogen) atoms. The number of nitrogen functional groups attached to an aromatic ring is 1. The number of hydrogen-bond donors (Lipinski definition) is 1. The molecule has 1 nitrogen and oxygen atoms in total. The van der Waals surface area contributed by atoms with Gasteiger partial charge in [0.05, 0.1) is 0 Å². The summed E-state index contributed by atoms with van der Waals surface area (Å²) in [6.07, 6.45) is 0. The Kier molecular flexibility index (Phi) is 3.67. The Balaban J connectivity index is 1.84. The van der Waals surface area contributed by atoms with Gasteiger partial charge in [-0.3, -0.25) is 0 Å². The second-order valence-electron chi connectivity index (χ2n) is 8.07. The molecule has 0 saturated carbocycles. The topological polar surface area (TPSA) is 26.0 Å². The maximum Gasteiger partial charge on any atom is 0.0326 e. The van der Waals surface area contributed by atoms with Gasteiger partial charge in [0.15, 0.2) is 0 Å². The molecule has 1 heteroatoms. The van der Waals surface area contributed by atoms with Crippen LogP contribution in [0.4, 0.5) is 5.69 Å². The molecule has 0 radical (unpaired) electrons. The van der Waals surface area contributed by atoms with E-state index in [0.717, 1.165) is 5.69 Å². The molecule has 0 fully saturated rings. The summed E-state index contributed by atoms with van der Waals surface area (Å²) in [7, 11) is 0. The van der Waals surface area contributed by atoms with Crippen LogP contribution < -0.4 is 5.73 Å². The molecular formula is C27H23N. The van der Waals surface area contributed by atoms with Crippen molar-refractivity contribution in [1.82, 2.24) is 0 Å². The fourth-order valence-corrected chi connectivity index (χ4v) is 4.75. The van der Waals surface area contributed by atoms with E-state index in [-0.39, 0.29) is 5.41 Å². The number of fused-ring (bicyclic) bond motifs is 3. The molecule has 4 aromatic carbocycles. The van der Waals surface area contributed by atoms with Crippen LogP contribution in [0.2, 0.25) is 0 Å². The van der Waals surface area contributed by atoms with Crippen molar-refractivity contribution in [3.8, 4) is 33.4 Å². The fraction of sp³-hybridized carbons (Fsp3) is 0.111. The van der Waals surface area contributed by atoms with Crippen molar-refractivity contribution in [2.24, 2.45) is 0 Å². The smallest absolute Gasteiger partial charge is 0.0326 e. The minimum Gasteiger partial charge on any atom is -0.399 e. The van der Waals surface area contributed by atoms with Crippen LogP contribution in [0, 0.1) is 0 Å². The zero-order valence-corrected chi connectivity index (χ0v) is 16.2. The third-order valence-corrected chi connectivity index (χ3v) is 5.98. The first-order valence-electron chi connectivity index (χ1n) is 9.76. The molecule has 0 bridgehead atoms. The number of anilines is 1. The third kappa shape index (κ3) is 2.40. The zero-order chi connectivity index (χ0) is 19.3. The van der Waals surface area contributed by atoms with E-state index in [1.54, 1.807) is 0 Å². The average Bonchev–Trinajstić information content (AvgIpc) is 2.95. The Bertz CT molecular complexity index is 1190. The molecule has 2 N–H and O–H groups in total. The summed E-state index contributed by atoms with van der Waals surface area (Å²) in [5.41, 5.74) is 17.4. The number of hydrogen-bond acceptors (Lipinski definition) is 1. The lowest BCUT2D eigenvalue weighted by Gasteiger charge is -2.25. The predicted molar refractivity (Wildman–Crippen MR) is 119 cm³/mol. The van der Waals surface area contributed by atoms with Crippen LogP contribution in [0.1, 0.15) is 25.0 Å². The molecule has 0 spiro atoms. The molecule has 0 heterocycles. The summed E-state index contributed by atoms with van der Waals surface area (Å²) in [5, 5.41) is 0. The van der Waals surface area contributed by atoms with Gasteiger partial charge in [0.25, 0.3) is 0 Å². The van der Waals surface area contributed by atoms with Gasteiger partial charge in [-0.25, -0.2) is 0 Å². The van der Waals surface area contributed by atoms with Crippen molar-refractivity contribution >= 4 is 5.69 Å². The largest absolute Gasteiger partial charge is 0.399 e. The molecule has 0 aromatic heterocycles. The van der Waals surface area contributed by atoms with Crippen molar-refractivity contribution in [1.29, 1.82) is 0 Å². The van der Waals surface area contributed by atoms with E-state index in [4.69, 9.17) is 5.73 Å². The fourth-order valence-electron chi connectivity index (χ4n) is 4.75. The van der Waals surface area contributed by atoms with Crippen molar-refractivity contribution in [3.05, 3.63) is 102 Å². The van der Waals surface area contributed by atoms with Gasteiger partial charge in [0, 0.05) is 11.1 Å². The van der Waals surface area contributed by atoms with E-state index >= 15 is 0 Å². The molecule has 1 aliphatic rings. The van der Waals surface area contributed by atoms with E-state index in [1.807, 2.05) is 0 Å². The lowest BCUT2D eigenvalue weighted by atomic mass is 9.77. The van der Waals surface area contributed by atoms with Gasteiger partial charge in [-0.2, -0.15) is 0 Å². The van der Waals surface area contributed by atoms with Crippen LogP contribution >= 0.6 is 0 Å². The first-order chi connectivity index (χ1) is 13.6. The van der Waals surface area contributed by atoms with E-state index in [1.165, 1.54) is 44.5 Å². The van der Waals surface area contributed by atoms with E-state index in [9.17, 15) is 0 Å². The minimum absolute atomic E-state index is 0.0707. The molecule has 0 aliphatic heterocycles. The van der Waals surface area contributed by atoms with Gasteiger partial charge in [-0.1, -0.05) is 92.7 Å². The van der Waals surface area contributed by atoms with E-state index in [2.05, 4.69) is 105 Å². The quantitative estimate of drug-likeness (QED) is 0.386. The number of benzene rings is 4. The lowest BCUT2D eigenvalue weighted by Crippen LogP contribution is -2.16. The zero-order valence-electron chi connectivity index (χ0n) is 16.2. The summed E-state index contributed by atoms with van der Waals surface area (Å²) in [6.45, 7) is 4.64. The van der Waals surface area contributed by atoms with Crippen LogP contribution in [0.5, 0.6) is 0 Å². The minimum atomic E-state index is -0.0707. The highest BCUT2D eigenvalue weighted by Gasteiger charge is 2.37. The average molecular weight is 361 g/mol. The van der Waals surface area contributed by atoms with Crippen molar-refractivity contribution in [2.45, 2.75) is 19.3 Å². The number of rotatable bonds is 2. The van der Waals surface area contributed by atoms with Crippen LogP contribution in [0.25, 0.3) is 33.4 Å². The molecule has 136 valence electrons. The standard InChI is InChI=1S/C27H23N/c1-27(2)25-15-9-8-14-22(25)24-17-19(28)16-23(26(24)27)21-13-7-6-12-20(21)18-10-4-3-5-11-18/h3-17H,28H2,1-2H3. The van der Waals surface area contributed by atoms with Gasteiger partial charge in [0.2, 0.25) is 0 Å². The van der Waals surface area contributed by atoms with Gasteiger partial charge in [-0.15, -0.1) is 0 Å². The summed E-state index contributed by atoms with van der Waals surface area (Å²) in [4.78, 5) is 0. The van der Waals surface area contributed by atoms with Crippen LogP contribution in [-0.4, -0.2) is 0 Å². The summed E-state index contributed by atoms with van der Waals surface area (Å²) in [5.74, 6) is 0. The van der Waals surface area contributed by atoms with Gasteiger partial charge in [-0.05, 0) is 56.6 Å². The van der Waals surface area contributed by atoms with Crippen molar-refractivity contribution < 1.29 is 0 Å². The Labute approximate surface area is 166 Å². The highest BCUT2D eigenvalue weighted by molar-refractivity contribution is 5.94. The molecule has 0 amide bonds. The van der Waals surface area contributed by atoms with E-state index < -0.39 is 0 Å². The lowest BCUT2D eigenvalue weighted by molar-refractivity contribution is 0.662. The summed E-state index contributed by atoms with van der Waals surface area (Å²) < 4.78 is 0. The molecule has 0 saturated heterocycles. The highest BCUT2D eigenvalue weighted by Crippen LogP contribution is 2.53. The molecule has 5 rings (SSSR count). The highest BCUT2D eigenvalue weighted by atomic mass is 14.6.